The van der Waals surface area contributed by atoms with Crippen LogP contribution < -0.4 is 15.8 Å². The van der Waals surface area contributed by atoms with Gasteiger partial charge in [0.25, 0.3) is 5.56 Å². The smallest absolute Gasteiger partial charge is 0.295 e. The van der Waals surface area contributed by atoms with Crippen LogP contribution in [0.15, 0.2) is 23.1 Å². The SMILES string of the molecule is CCn1c(=O)c(N2CCC(C(=O)NCCN3CCN(C)CC3)CC2)nc2cccnc21. The zero-order valence-corrected chi connectivity index (χ0v) is 18.6. The molecule has 0 spiro atoms. The van der Waals surface area contributed by atoms with Crippen molar-refractivity contribution in [2.45, 2.75) is 26.3 Å². The number of fused-ring (bicyclic) bond motifs is 1. The third-order valence-corrected chi connectivity index (χ3v) is 6.49. The van der Waals surface area contributed by atoms with Crippen LogP contribution in [0.5, 0.6) is 0 Å². The molecule has 1 amide bonds. The maximum atomic E-state index is 13.0. The van der Waals surface area contributed by atoms with Gasteiger partial charge in [0.1, 0.15) is 5.52 Å². The average molecular weight is 428 g/mol. The van der Waals surface area contributed by atoms with E-state index < -0.39 is 0 Å². The second kappa shape index (κ2) is 9.74. The van der Waals surface area contributed by atoms with E-state index in [0.29, 0.717) is 37.6 Å². The lowest BCUT2D eigenvalue weighted by molar-refractivity contribution is -0.125. The van der Waals surface area contributed by atoms with Crippen LogP contribution in [0.1, 0.15) is 19.8 Å². The number of likely N-dealkylation sites (N-methyl/N-ethyl adjacent to an activating group) is 1. The van der Waals surface area contributed by atoms with Crippen LogP contribution >= 0.6 is 0 Å². The fraction of sp³-hybridized carbons (Fsp3) is 0.636. The summed E-state index contributed by atoms with van der Waals surface area (Å²) in [4.78, 5) is 41.3. The summed E-state index contributed by atoms with van der Waals surface area (Å²) in [6.45, 7) is 9.72. The maximum Gasteiger partial charge on any atom is 0.295 e. The second-order valence-corrected chi connectivity index (χ2v) is 8.53. The van der Waals surface area contributed by atoms with Crippen molar-refractivity contribution in [2.24, 2.45) is 5.92 Å². The first-order valence-corrected chi connectivity index (χ1v) is 11.4. The van der Waals surface area contributed by atoms with E-state index in [9.17, 15) is 9.59 Å². The minimum atomic E-state index is -0.108. The first-order valence-electron chi connectivity index (χ1n) is 11.4. The summed E-state index contributed by atoms with van der Waals surface area (Å²) >= 11 is 0. The van der Waals surface area contributed by atoms with Crippen molar-refractivity contribution in [1.82, 2.24) is 29.7 Å². The van der Waals surface area contributed by atoms with Gasteiger partial charge >= 0.3 is 0 Å². The molecule has 2 fully saturated rings. The lowest BCUT2D eigenvalue weighted by atomic mass is 9.96. The Morgan fingerprint density at radius 1 is 1.16 bits per heavy atom. The van der Waals surface area contributed by atoms with E-state index in [0.717, 1.165) is 51.1 Å². The summed E-state index contributed by atoms with van der Waals surface area (Å²) < 4.78 is 1.68. The molecule has 2 aromatic rings. The number of piperidine rings is 1. The molecule has 9 heteroatoms. The van der Waals surface area contributed by atoms with Crippen LogP contribution in [0.2, 0.25) is 0 Å². The Balaban J connectivity index is 1.32. The van der Waals surface area contributed by atoms with Crippen LogP contribution in [0.4, 0.5) is 5.82 Å². The Hall–Kier alpha value is -2.52. The number of nitrogens with zero attached hydrogens (tertiary/aromatic N) is 6. The van der Waals surface area contributed by atoms with E-state index in [1.54, 1.807) is 10.8 Å². The van der Waals surface area contributed by atoms with Gasteiger partial charge in [-0.1, -0.05) is 0 Å². The molecular formula is C22H33N7O2. The fourth-order valence-electron chi connectivity index (χ4n) is 4.47. The van der Waals surface area contributed by atoms with Gasteiger partial charge in [-0.15, -0.1) is 0 Å². The Morgan fingerprint density at radius 2 is 1.90 bits per heavy atom. The molecule has 9 nitrogen and oxygen atoms in total. The molecule has 2 saturated heterocycles. The van der Waals surface area contributed by atoms with Crippen LogP contribution in [-0.2, 0) is 11.3 Å². The Bertz CT molecular complexity index is 960. The van der Waals surface area contributed by atoms with Crippen LogP contribution in [0.3, 0.4) is 0 Å². The molecule has 4 rings (SSSR count). The zero-order chi connectivity index (χ0) is 21.8. The third kappa shape index (κ3) is 4.88. The molecule has 4 heterocycles. The van der Waals surface area contributed by atoms with Crippen LogP contribution in [0, 0.1) is 5.92 Å². The Kier molecular flexibility index (Phi) is 6.82. The number of aryl methyl sites for hydroxylation is 1. The Labute approximate surface area is 183 Å². The number of anilines is 1. The lowest BCUT2D eigenvalue weighted by Gasteiger charge is -2.33. The second-order valence-electron chi connectivity index (χ2n) is 8.53. The molecule has 1 N–H and O–H groups in total. The topological polar surface area (TPSA) is 86.6 Å². The molecule has 31 heavy (non-hydrogen) atoms. The number of carbonyl (C=O) groups is 1. The highest BCUT2D eigenvalue weighted by Crippen LogP contribution is 2.21. The molecule has 2 aliphatic rings. The van der Waals surface area contributed by atoms with Crippen molar-refractivity contribution in [3.63, 3.8) is 0 Å². The number of nitrogens with one attached hydrogen (secondary N) is 1. The molecule has 0 atom stereocenters. The average Bonchev–Trinajstić information content (AvgIpc) is 2.80. The van der Waals surface area contributed by atoms with E-state index >= 15 is 0 Å². The highest BCUT2D eigenvalue weighted by Gasteiger charge is 2.27. The number of hydrogen-bond acceptors (Lipinski definition) is 7. The monoisotopic (exact) mass is 427 g/mol. The van der Waals surface area contributed by atoms with Crippen molar-refractivity contribution >= 4 is 22.9 Å². The molecule has 0 aromatic carbocycles. The summed E-state index contributed by atoms with van der Waals surface area (Å²) in [5, 5.41) is 3.12. The molecule has 2 aliphatic heterocycles. The summed E-state index contributed by atoms with van der Waals surface area (Å²) in [5.74, 6) is 0.603. The van der Waals surface area contributed by atoms with Crippen molar-refractivity contribution in [2.75, 3.05) is 64.3 Å². The molecular weight excluding hydrogens is 394 g/mol. The quantitative estimate of drug-likeness (QED) is 0.714. The summed E-state index contributed by atoms with van der Waals surface area (Å²) in [6, 6.07) is 3.72. The van der Waals surface area contributed by atoms with Gasteiger partial charge in [-0.2, -0.15) is 0 Å². The number of hydrogen-bond donors (Lipinski definition) is 1. The minimum absolute atomic E-state index is 0.000683. The molecule has 0 saturated carbocycles. The standard InChI is InChI=1S/C22H33N7O2/c1-3-29-19-18(5-4-8-23-19)25-20(22(29)31)28-10-6-17(7-11-28)21(30)24-9-12-27-15-13-26(2)14-16-27/h4-5,8,17H,3,6-7,9-16H2,1-2H3,(H,24,30). The highest BCUT2D eigenvalue weighted by molar-refractivity contribution is 5.79. The van der Waals surface area contributed by atoms with Gasteiger partial charge in [-0.3, -0.25) is 19.1 Å². The summed E-state index contributed by atoms with van der Waals surface area (Å²) in [7, 11) is 2.15. The molecule has 0 bridgehead atoms. The third-order valence-electron chi connectivity index (χ3n) is 6.49. The van der Waals surface area contributed by atoms with E-state index in [1.807, 2.05) is 24.0 Å². The summed E-state index contributed by atoms with van der Waals surface area (Å²) in [5.41, 5.74) is 1.24. The maximum absolute atomic E-state index is 13.0. The molecule has 168 valence electrons. The van der Waals surface area contributed by atoms with Gasteiger partial charge in [0.15, 0.2) is 11.5 Å². The molecule has 0 unspecified atom stereocenters. The largest absolute Gasteiger partial charge is 0.355 e. The fourth-order valence-corrected chi connectivity index (χ4v) is 4.47. The number of pyridine rings is 1. The van der Waals surface area contributed by atoms with Crippen LogP contribution in [-0.4, -0.2) is 89.6 Å². The number of amides is 1. The van der Waals surface area contributed by atoms with E-state index in [-0.39, 0.29) is 17.4 Å². The molecule has 2 aromatic heterocycles. The van der Waals surface area contributed by atoms with Crippen molar-refractivity contribution < 1.29 is 4.79 Å². The Morgan fingerprint density at radius 3 is 2.61 bits per heavy atom. The van der Waals surface area contributed by atoms with Gasteiger partial charge in [0.2, 0.25) is 5.91 Å². The zero-order valence-electron chi connectivity index (χ0n) is 18.6. The number of aromatic nitrogens is 3. The van der Waals surface area contributed by atoms with E-state index in [2.05, 4.69) is 32.1 Å². The first-order chi connectivity index (χ1) is 15.1. The van der Waals surface area contributed by atoms with Gasteiger partial charge in [0, 0.05) is 71.0 Å². The first kappa shape index (κ1) is 21.7. The highest BCUT2D eigenvalue weighted by atomic mass is 16.2. The van der Waals surface area contributed by atoms with Gasteiger partial charge in [0.05, 0.1) is 0 Å². The van der Waals surface area contributed by atoms with Crippen molar-refractivity contribution in [3.05, 3.63) is 28.7 Å². The van der Waals surface area contributed by atoms with Gasteiger partial charge in [-0.05, 0) is 38.9 Å². The summed E-state index contributed by atoms with van der Waals surface area (Å²) in [6.07, 6.45) is 3.15. The number of piperazine rings is 1. The van der Waals surface area contributed by atoms with Gasteiger partial charge in [-0.25, -0.2) is 9.97 Å². The predicted molar refractivity (Wildman–Crippen MR) is 121 cm³/mol. The number of carbonyl (C=O) groups excluding carboxylic acids is 1. The van der Waals surface area contributed by atoms with E-state index in [4.69, 9.17) is 0 Å². The molecule has 0 radical (unpaired) electrons. The lowest BCUT2D eigenvalue weighted by Crippen LogP contribution is -2.48. The van der Waals surface area contributed by atoms with E-state index in [1.165, 1.54) is 0 Å². The minimum Gasteiger partial charge on any atom is -0.355 e. The molecule has 0 aliphatic carbocycles. The van der Waals surface area contributed by atoms with Gasteiger partial charge < -0.3 is 15.1 Å². The number of rotatable bonds is 6. The predicted octanol–water partition coefficient (Wildman–Crippen LogP) is 0.391. The van der Waals surface area contributed by atoms with Crippen molar-refractivity contribution in [1.29, 1.82) is 0 Å². The van der Waals surface area contributed by atoms with Crippen molar-refractivity contribution in [3.8, 4) is 0 Å². The normalized spacial score (nSPS) is 19.1. The van der Waals surface area contributed by atoms with Crippen LogP contribution in [0.25, 0.3) is 11.2 Å².